The van der Waals surface area contributed by atoms with Gasteiger partial charge in [0.1, 0.15) is 5.75 Å². The minimum atomic E-state index is -1.09. The molecule has 0 aliphatic heterocycles. The fraction of sp³-hybridized carbons (Fsp3) is 0.0714. The van der Waals surface area contributed by atoms with Gasteiger partial charge in [0.15, 0.2) is 10.9 Å². The first-order chi connectivity index (χ1) is 10.5. The van der Waals surface area contributed by atoms with E-state index in [2.05, 4.69) is 10.6 Å². The van der Waals surface area contributed by atoms with E-state index in [1.807, 2.05) is 0 Å². The van der Waals surface area contributed by atoms with Gasteiger partial charge in [-0.15, -0.1) is 0 Å². The first kappa shape index (κ1) is 15.5. The number of amides is 1. The van der Waals surface area contributed by atoms with Crippen LogP contribution in [0.3, 0.4) is 0 Å². The number of ether oxygens (including phenoxy) is 1. The van der Waals surface area contributed by atoms with Crippen molar-refractivity contribution < 1.29 is 23.8 Å². The lowest BCUT2D eigenvalue weighted by Crippen LogP contribution is -2.34. The molecule has 0 saturated heterocycles. The maximum Gasteiger partial charge on any atom is 0.335 e. The number of rotatable bonds is 4. The van der Waals surface area contributed by atoms with E-state index in [4.69, 9.17) is 26.5 Å². The minimum absolute atomic E-state index is 0.0118. The molecule has 0 radical (unpaired) electrons. The molecule has 0 aliphatic rings. The van der Waals surface area contributed by atoms with E-state index < -0.39 is 11.9 Å². The number of carboxylic acids is 1. The number of furan rings is 1. The SMILES string of the molecule is COc1ccc(C(=O)O)cc1NC(=S)NC(=O)c1ccco1. The van der Waals surface area contributed by atoms with Crippen LogP contribution in [-0.4, -0.2) is 29.2 Å². The molecule has 0 saturated carbocycles. The second-order valence-corrected chi connectivity index (χ2v) is 4.51. The number of hydrogen-bond donors (Lipinski definition) is 3. The molecule has 0 spiro atoms. The summed E-state index contributed by atoms with van der Waals surface area (Å²) in [6, 6.07) is 7.31. The number of hydrogen-bond acceptors (Lipinski definition) is 5. The normalized spacial score (nSPS) is 9.86. The van der Waals surface area contributed by atoms with E-state index in [1.165, 1.54) is 37.6 Å². The first-order valence-electron chi connectivity index (χ1n) is 6.08. The summed E-state index contributed by atoms with van der Waals surface area (Å²) in [5.74, 6) is -1.11. The lowest BCUT2D eigenvalue weighted by molar-refractivity contribution is 0.0696. The Hall–Kier alpha value is -2.87. The Morgan fingerprint density at radius 1 is 1.32 bits per heavy atom. The first-order valence-corrected chi connectivity index (χ1v) is 6.49. The number of carbonyl (C=O) groups is 2. The zero-order chi connectivity index (χ0) is 16.1. The molecule has 0 atom stereocenters. The molecule has 0 unspecified atom stereocenters. The average Bonchev–Trinajstić information content (AvgIpc) is 3.01. The number of anilines is 1. The van der Waals surface area contributed by atoms with Crippen molar-refractivity contribution in [1.82, 2.24) is 5.32 Å². The van der Waals surface area contributed by atoms with Gasteiger partial charge in [-0.2, -0.15) is 0 Å². The molecule has 1 aromatic carbocycles. The molecular weight excluding hydrogens is 308 g/mol. The summed E-state index contributed by atoms with van der Waals surface area (Å²) < 4.78 is 10.1. The average molecular weight is 320 g/mol. The van der Waals surface area contributed by atoms with E-state index in [1.54, 1.807) is 6.07 Å². The molecule has 1 heterocycles. The highest BCUT2D eigenvalue weighted by molar-refractivity contribution is 7.80. The monoisotopic (exact) mass is 320 g/mol. The number of methoxy groups -OCH3 is 1. The number of nitrogens with one attached hydrogen (secondary N) is 2. The topological polar surface area (TPSA) is 101 Å². The van der Waals surface area contributed by atoms with Crippen LogP contribution in [0, 0.1) is 0 Å². The van der Waals surface area contributed by atoms with Crippen LogP contribution in [0.5, 0.6) is 5.75 Å². The van der Waals surface area contributed by atoms with Gasteiger partial charge < -0.3 is 19.6 Å². The van der Waals surface area contributed by atoms with Crippen LogP contribution >= 0.6 is 12.2 Å². The van der Waals surface area contributed by atoms with Crippen LogP contribution in [-0.2, 0) is 0 Å². The lowest BCUT2D eigenvalue weighted by atomic mass is 10.2. The van der Waals surface area contributed by atoms with E-state index in [9.17, 15) is 9.59 Å². The third kappa shape index (κ3) is 3.61. The smallest absolute Gasteiger partial charge is 0.335 e. The standard InChI is InChI=1S/C14H12N2O5S/c1-20-10-5-4-8(13(18)19)7-9(10)15-14(22)16-12(17)11-3-2-6-21-11/h2-7H,1H3,(H,18,19)(H2,15,16,17,22). The molecule has 2 rings (SSSR count). The van der Waals surface area contributed by atoms with Gasteiger partial charge in [0.2, 0.25) is 0 Å². The third-order valence-electron chi connectivity index (χ3n) is 2.67. The van der Waals surface area contributed by atoms with Crippen LogP contribution in [0.1, 0.15) is 20.9 Å². The minimum Gasteiger partial charge on any atom is -0.495 e. The predicted molar refractivity (Wildman–Crippen MR) is 82.3 cm³/mol. The number of carboxylic acid groups (broad SMARTS) is 1. The fourth-order valence-corrected chi connectivity index (χ4v) is 1.87. The summed E-state index contributed by atoms with van der Waals surface area (Å²) in [4.78, 5) is 22.8. The highest BCUT2D eigenvalue weighted by atomic mass is 32.1. The summed E-state index contributed by atoms with van der Waals surface area (Å²) in [7, 11) is 1.44. The van der Waals surface area contributed by atoms with Gasteiger partial charge in [-0.25, -0.2) is 4.79 Å². The van der Waals surface area contributed by atoms with Crippen molar-refractivity contribution in [2.75, 3.05) is 12.4 Å². The molecule has 1 aromatic heterocycles. The number of thiocarbonyl (C=S) groups is 1. The van der Waals surface area contributed by atoms with Crippen molar-refractivity contribution in [1.29, 1.82) is 0 Å². The molecule has 2 aromatic rings. The van der Waals surface area contributed by atoms with Gasteiger partial charge in [0.25, 0.3) is 5.91 Å². The Morgan fingerprint density at radius 3 is 2.68 bits per heavy atom. The molecular formula is C14H12N2O5S. The molecule has 114 valence electrons. The van der Waals surface area contributed by atoms with Crippen molar-refractivity contribution in [3.8, 4) is 5.75 Å². The van der Waals surface area contributed by atoms with Crippen molar-refractivity contribution in [2.45, 2.75) is 0 Å². The largest absolute Gasteiger partial charge is 0.495 e. The van der Waals surface area contributed by atoms with Gasteiger partial charge in [0.05, 0.1) is 24.6 Å². The van der Waals surface area contributed by atoms with E-state index in [-0.39, 0.29) is 16.4 Å². The summed E-state index contributed by atoms with van der Waals surface area (Å²) in [6.45, 7) is 0. The molecule has 22 heavy (non-hydrogen) atoms. The molecule has 0 fully saturated rings. The van der Waals surface area contributed by atoms with Crippen LogP contribution in [0.4, 0.5) is 5.69 Å². The van der Waals surface area contributed by atoms with Gasteiger partial charge in [-0.1, -0.05) is 0 Å². The summed E-state index contributed by atoms with van der Waals surface area (Å²) in [5, 5.41) is 14.1. The zero-order valence-corrected chi connectivity index (χ0v) is 12.3. The molecule has 0 aliphatic carbocycles. The van der Waals surface area contributed by atoms with Crippen molar-refractivity contribution in [3.63, 3.8) is 0 Å². The van der Waals surface area contributed by atoms with Gasteiger partial charge >= 0.3 is 5.97 Å². The quantitative estimate of drug-likeness (QED) is 0.742. The lowest BCUT2D eigenvalue weighted by Gasteiger charge is -2.13. The maximum absolute atomic E-state index is 11.8. The molecule has 0 bridgehead atoms. The summed E-state index contributed by atoms with van der Waals surface area (Å²) in [6.07, 6.45) is 1.37. The van der Waals surface area contributed by atoms with Gasteiger partial charge in [-0.3, -0.25) is 10.1 Å². The molecule has 7 nitrogen and oxygen atoms in total. The third-order valence-corrected chi connectivity index (χ3v) is 2.87. The molecule has 3 N–H and O–H groups in total. The Morgan fingerprint density at radius 2 is 2.09 bits per heavy atom. The highest BCUT2D eigenvalue weighted by Gasteiger charge is 2.13. The number of carbonyl (C=O) groups excluding carboxylic acids is 1. The second-order valence-electron chi connectivity index (χ2n) is 4.11. The van der Waals surface area contributed by atoms with Crippen LogP contribution in [0.2, 0.25) is 0 Å². The Labute approximate surface area is 130 Å². The van der Waals surface area contributed by atoms with Crippen molar-refractivity contribution in [2.24, 2.45) is 0 Å². The van der Waals surface area contributed by atoms with E-state index in [0.29, 0.717) is 11.4 Å². The Bertz CT molecular complexity index is 712. The van der Waals surface area contributed by atoms with Crippen LogP contribution in [0.25, 0.3) is 0 Å². The number of benzene rings is 1. The number of aromatic carboxylic acids is 1. The second kappa shape index (κ2) is 6.72. The summed E-state index contributed by atoms with van der Waals surface area (Å²) in [5.41, 5.74) is 0.385. The van der Waals surface area contributed by atoms with Crippen molar-refractivity contribution in [3.05, 3.63) is 47.9 Å². The predicted octanol–water partition coefficient (Wildman–Crippen LogP) is 2.11. The molecule has 8 heteroatoms. The van der Waals surface area contributed by atoms with Crippen LogP contribution < -0.4 is 15.4 Å². The maximum atomic E-state index is 11.8. The van der Waals surface area contributed by atoms with Crippen molar-refractivity contribution >= 4 is 34.9 Å². The van der Waals surface area contributed by atoms with E-state index in [0.717, 1.165) is 0 Å². The zero-order valence-electron chi connectivity index (χ0n) is 11.5. The molecule has 1 amide bonds. The Kier molecular flexibility index (Phi) is 4.74. The van der Waals surface area contributed by atoms with Gasteiger partial charge in [-0.05, 0) is 42.5 Å². The summed E-state index contributed by atoms with van der Waals surface area (Å²) >= 11 is 5.01. The van der Waals surface area contributed by atoms with Crippen LogP contribution in [0.15, 0.2) is 41.0 Å². The van der Waals surface area contributed by atoms with Gasteiger partial charge in [0, 0.05) is 0 Å². The highest BCUT2D eigenvalue weighted by Crippen LogP contribution is 2.25. The fourth-order valence-electron chi connectivity index (χ4n) is 1.66. The van der Waals surface area contributed by atoms with E-state index >= 15 is 0 Å². The Balaban J connectivity index is 2.12.